The molecular formula is C34H20O. The predicted octanol–water partition coefficient (Wildman–Crippen LogP) is 8.17. The molecule has 1 nitrogen and oxygen atoms in total. The first kappa shape index (κ1) is 18.9. The summed E-state index contributed by atoms with van der Waals surface area (Å²) in [7, 11) is 0. The lowest BCUT2D eigenvalue weighted by Gasteiger charge is -2.37. The summed E-state index contributed by atoms with van der Waals surface area (Å²) in [5, 5.41) is 4.61. The van der Waals surface area contributed by atoms with Gasteiger partial charge >= 0.3 is 0 Å². The molecule has 8 rings (SSSR count). The van der Waals surface area contributed by atoms with Crippen LogP contribution in [0.15, 0.2) is 121 Å². The van der Waals surface area contributed by atoms with Gasteiger partial charge in [-0.05, 0) is 84.8 Å². The lowest BCUT2D eigenvalue weighted by Crippen LogP contribution is -2.40. The number of ketones is 1. The maximum atomic E-state index is 14.9. The van der Waals surface area contributed by atoms with Crippen LogP contribution in [0.2, 0.25) is 0 Å². The Morgan fingerprint density at radius 3 is 1.40 bits per heavy atom. The number of fused-ring (bicyclic) bond motifs is 11. The molecule has 0 bridgehead atoms. The Morgan fingerprint density at radius 2 is 0.800 bits per heavy atom. The standard InChI is InChI=1S/C34H20O/c35-33-29-19-23-11-2-1-9-21(23)17-27(29)25-13-5-7-15-30(25)34(33)31-16-8-6-14-26(31)28-18-22-10-3-4-12-24(22)20-32(28)34/h1-20H. The highest BCUT2D eigenvalue weighted by molar-refractivity contribution is 6.21. The maximum absolute atomic E-state index is 14.9. The smallest absolute Gasteiger partial charge is 0.182 e. The Morgan fingerprint density at radius 1 is 0.371 bits per heavy atom. The monoisotopic (exact) mass is 444 g/mol. The fraction of sp³-hybridized carbons (Fsp3) is 0.0294. The summed E-state index contributed by atoms with van der Waals surface area (Å²) in [5.41, 5.74) is 7.68. The third kappa shape index (κ3) is 2.26. The number of Topliss-reactive ketones (excluding diaryl/α,β-unsaturated/α-hetero) is 1. The first-order valence-corrected chi connectivity index (χ1v) is 12.1. The molecule has 0 radical (unpaired) electrons. The minimum Gasteiger partial charge on any atom is -0.292 e. The Labute approximate surface area is 203 Å². The lowest BCUT2D eigenvalue weighted by molar-refractivity contribution is 0.0936. The van der Waals surface area contributed by atoms with Crippen molar-refractivity contribution in [2.45, 2.75) is 5.41 Å². The first-order chi connectivity index (χ1) is 17.3. The van der Waals surface area contributed by atoms with E-state index in [1.807, 2.05) is 6.07 Å². The van der Waals surface area contributed by atoms with Crippen LogP contribution in [0.25, 0.3) is 43.8 Å². The quantitative estimate of drug-likeness (QED) is 0.231. The molecule has 0 heterocycles. The van der Waals surface area contributed by atoms with Gasteiger partial charge in [-0.2, -0.15) is 0 Å². The van der Waals surface area contributed by atoms with Crippen LogP contribution in [0.5, 0.6) is 0 Å². The van der Waals surface area contributed by atoms with Crippen LogP contribution < -0.4 is 0 Å². The van der Waals surface area contributed by atoms with Gasteiger partial charge < -0.3 is 0 Å². The van der Waals surface area contributed by atoms with Crippen molar-refractivity contribution in [1.29, 1.82) is 0 Å². The third-order valence-corrected chi connectivity index (χ3v) is 8.00. The molecule has 0 N–H and O–H groups in total. The SMILES string of the molecule is O=C1c2cc3ccccc3cc2-c2ccccc2C12c1ccccc1-c1cc3ccccc3cc12. The van der Waals surface area contributed by atoms with Gasteiger partial charge in [-0.15, -0.1) is 0 Å². The van der Waals surface area contributed by atoms with Crippen LogP contribution in [0.4, 0.5) is 0 Å². The minimum absolute atomic E-state index is 0.165. The van der Waals surface area contributed by atoms with Crippen molar-refractivity contribution < 1.29 is 4.79 Å². The molecule has 1 heteroatoms. The zero-order chi connectivity index (χ0) is 23.1. The first-order valence-electron chi connectivity index (χ1n) is 12.1. The van der Waals surface area contributed by atoms with Crippen molar-refractivity contribution in [3.63, 3.8) is 0 Å². The fourth-order valence-corrected chi connectivity index (χ4v) is 6.52. The van der Waals surface area contributed by atoms with Crippen molar-refractivity contribution in [1.82, 2.24) is 0 Å². The van der Waals surface area contributed by atoms with Crippen molar-refractivity contribution in [2.75, 3.05) is 0 Å². The van der Waals surface area contributed by atoms with Gasteiger partial charge in [0.25, 0.3) is 0 Å². The molecule has 1 unspecified atom stereocenters. The van der Waals surface area contributed by atoms with E-state index in [0.29, 0.717) is 0 Å². The maximum Gasteiger partial charge on any atom is 0.182 e. The van der Waals surface area contributed by atoms with Crippen LogP contribution in [0.3, 0.4) is 0 Å². The van der Waals surface area contributed by atoms with Gasteiger partial charge in [0.2, 0.25) is 0 Å². The van der Waals surface area contributed by atoms with E-state index in [1.54, 1.807) is 0 Å². The topological polar surface area (TPSA) is 17.1 Å². The Balaban J connectivity index is 1.57. The lowest BCUT2D eigenvalue weighted by atomic mass is 9.61. The number of benzene rings is 6. The molecule has 0 saturated carbocycles. The summed E-state index contributed by atoms with van der Waals surface area (Å²) in [5.74, 6) is 0.165. The molecule has 0 saturated heterocycles. The van der Waals surface area contributed by atoms with E-state index >= 15 is 0 Å². The van der Waals surface area contributed by atoms with Crippen LogP contribution in [0.1, 0.15) is 27.0 Å². The largest absolute Gasteiger partial charge is 0.292 e. The second kappa shape index (κ2) is 6.55. The summed E-state index contributed by atoms with van der Waals surface area (Å²) in [6.45, 7) is 0. The van der Waals surface area contributed by atoms with Crippen LogP contribution in [-0.2, 0) is 5.41 Å². The molecule has 35 heavy (non-hydrogen) atoms. The van der Waals surface area contributed by atoms with E-state index in [2.05, 4.69) is 115 Å². The average Bonchev–Trinajstić information content (AvgIpc) is 3.20. The van der Waals surface area contributed by atoms with Gasteiger partial charge in [-0.25, -0.2) is 0 Å². The highest BCUT2D eigenvalue weighted by atomic mass is 16.1. The molecule has 1 spiro atoms. The summed E-state index contributed by atoms with van der Waals surface area (Å²) in [4.78, 5) is 14.9. The summed E-state index contributed by atoms with van der Waals surface area (Å²) in [6, 6.07) is 42.6. The Bertz CT molecular complexity index is 1880. The normalized spacial score (nSPS) is 17.3. The van der Waals surface area contributed by atoms with Gasteiger partial charge in [0.15, 0.2) is 5.78 Å². The average molecular weight is 445 g/mol. The molecule has 1 atom stereocenters. The van der Waals surface area contributed by atoms with Gasteiger partial charge in [0.05, 0.1) is 0 Å². The van der Waals surface area contributed by atoms with E-state index in [9.17, 15) is 4.79 Å². The molecule has 6 aromatic rings. The van der Waals surface area contributed by atoms with Gasteiger partial charge in [-0.1, -0.05) is 97.1 Å². The van der Waals surface area contributed by atoms with Crippen LogP contribution in [0, 0.1) is 0 Å². The number of hydrogen-bond acceptors (Lipinski definition) is 1. The number of rotatable bonds is 0. The number of carbonyl (C=O) groups excluding carboxylic acids is 1. The molecule has 2 aliphatic rings. The fourth-order valence-electron chi connectivity index (χ4n) is 6.52. The molecule has 2 aliphatic carbocycles. The van der Waals surface area contributed by atoms with E-state index in [0.717, 1.165) is 60.7 Å². The van der Waals surface area contributed by atoms with E-state index in [-0.39, 0.29) is 5.78 Å². The Kier molecular flexibility index (Phi) is 3.53. The molecule has 0 fully saturated rings. The van der Waals surface area contributed by atoms with E-state index in [4.69, 9.17) is 0 Å². The predicted molar refractivity (Wildman–Crippen MR) is 143 cm³/mol. The van der Waals surface area contributed by atoms with Crippen molar-refractivity contribution >= 4 is 27.3 Å². The summed E-state index contributed by atoms with van der Waals surface area (Å²) >= 11 is 0. The van der Waals surface area contributed by atoms with E-state index in [1.165, 1.54) is 5.39 Å². The zero-order valence-corrected chi connectivity index (χ0v) is 19.0. The van der Waals surface area contributed by atoms with Gasteiger partial charge in [-0.3, -0.25) is 4.79 Å². The van der Waals surface area contributed by atoms with E-state index < -0.39 is 5.41 Å². The number of carbonyl (C=O) groups is 1. The molecule has 6 aromatic carbocycles. The summed E-state index contributed by atoms with van der Waals surface area (Å²) < 4.78 is 0. The molecular weight excluding hydrogens is 424 g/mol. The van der Waals surface area contributed by atoms with Crippen molar-refractivity contribution in [2.24, 2.45) is 0 Å². The van der Waals surface area contributed by atoms with Gasteiger partial charge in [0.1, 0.15) is 5.41 Å². The Hall–Kier alpha value is -4.49. The highest BCUT2D eigenvalue weighted by Gasteiger charge is 2.54. The zero-order valence-electron chi connectivity index (χ0n) is 19.0. The van der Waals surface area contributed by atoms with Crippen molar-refractivity contribution in [3.8, 4) is 22.3 Å². The van der Waals surface area contributed by atoms with Gasteiger partial charge in [0, 0.05) is 5.56 Å². The minimum atomic E-state index is -0.859. The second-order valence-corrected chi connectivity index (χ2v) is 9.66. The van der Waals surface area contributed by atoms with Crippen LogP contribution in [-0.4, -0.2) is 5.78 Å². The van der Waals surface area contributed by atoms with Crippen LogP contribution >= 0.6 is 0 Å². The number of hydrogen-bond donors (Lipinski definition) is 0. The van der Waals surface area contributed by atoms with Crippen molar-refractivity contribution in [3.05, 3.63) is 144 Å². The second-order valence-electron chi connectivity index (χ2n) is 9.66. The molecule has 0 aromatic heterocycles. The third-order valence-electron chi connectivity index (χ3n) is 8.00. The molecule has 0 amide bonds. The summed E-state index contributed by atoms with van der Waals surface area (Å²) in [6.07, 6.45) is 0. The molecule has 162 valence electrons. The highest BCUT2D eigenvalue weighted by Crippen LogP contribution is 2.59. The molecule has 0 aliphatic heterocycles.